The molecule has 1 saturated carbocycles. The number of nitrogens with one attached hydrogen (secondary N) is 1. The summed E-state index contributed by atoms with van der Waals surface area (Å²) < 4.78 is 32.5. The van der Waals surface area contributed by atoms with Crippen LogP contribution in [0, 0.1) is 11.8 Å². The van der Waals surface area contributed by atoms with Crippen molar-refractivity contribution in [1.82, 2.24) is 15.2 Å². The van der Waals surface area contributed by atoms with Gasteiger partial charge in [-0.15, -0.1) is 10.2 Å². The van der Waals surface area contributed by atoms with E-state index >= 15 is 0 Å². The Kier molecular flexibility index (Phi) is 5.81. The van der Waals surface area contributed by atoms with Crippen LogP contribution in [-0.2, 0) is 22.0 Å². The van der Waals surface area contributed by atoms with Crippen molar-refractivity contribution in [2.75, 3.05) is 28.5 Å². The summed E-state index contributed by atoms with van der Waals surface area (Å²) >= 11 is 0. The lowest BCUT2D eigenvalue weighted by atomic mass is 9.94. The molecule has 0 amide bonds. The maximum absolute atomic E-state index is 12.5. The van der Waals surface area contributed by atoms with Crippen LogP contribution in [-0.4, -0.2) is 42.4 Å². The van der Waals surface area contributed by atoms with Crippen molar-refractivity contribution >= 4 is 21.7 Å². The topological polar surface area (TPSA) is 127 Å². The van der Waals surface area contributed by atoms with E-state index in [0.717, 1.165) is 12.1 Å². The van der Waals surface area contributed by atoms with E-state index in [1.165, 1.54) is 10.7 Å². The van der Waals surface area contributed by atoms with Crippen molar-refractivity contribution in [2.24, 2.45) is 17.6 Å². The molecular formula is C24H30N6O3S. The third kappa shape index (κ3) is 4.78. The number of pyridine rings is 1. The molecule has 2 unspecified atom stereocenters. The second kappa shape index (κ2) is 8.66. The van der Waals surface area contributed by atoms with Crippen LogP contribution in [0.3, 0.4) is 0 Å². The predicted octanol–water partition coefficient (Wildman–Crippen LogP) is 3.16. The van der Waals surface area contributed by atoms with E-state index in [4.69, 9.17) is 10.2 Å². The fraction of sp³-hybridized carbons (Fsp3) is 0.458. The minimum atomic E-state index is -3.38. The number of aromatic nitrogens is 3. The van der Waals surface area contributed by atoms with Crippen LogP contribution in [0.2, 0.25) is 0 Å². The number of benzene rings is 1. The zero-order valence-corrected chi connectivity index (χ0v) is 20.3. The second-order valence-corrected chi connectivity index (χ2v) is 11.7. The lowest BCUT2D eigenvalue weighted by Crippen LogP contribution is -2.35. The summed E-state index contributed by atoms with van der Waals surface area (Å²) in [5.41, 5.74) is 7.36. The van der Waals surface area contributed by atoms with Gasteiger partial charge in [0.2, 0.25) is 21.8 Å². The molecule has 5 rings (SSSR count). The molecule has 1 saturated heterocycles. The molecule has 34 heavy (non-hydrogen) atoms. The zero-order valence-electron chi connectivity index (χ0n) is 19.4. The number of nitrogens with zero attached hydrogens (tertiary/aromatic N) is 4. The molecule has 3 aromatic rings. The van der Waals surface area contributed by atoms with E-state index in [1.807, 2.05) is 43.3 Å². The Labute approximate surface area is 199 Å². The summed E-state index contributed by atoms with van der Waals surface area (Å²) in [6, 6.07) is 13.4. The summed E-state index contributed by atoms with van der Waals surface area (Å²) in [6.45, 7) is 5.27. The molecule has 10 heteroatoms. The molecule has 1 aliphatic heterocycles. The Balaban J connectivity index is 1.45. The molecule has 9 nitrogen and oxygen atoms in total. The molecule has 0 bridgehead atoms. The average molecular weight is 483 g/mol. The lowest BCUT2D eigenvalue weighted by molar-refractivity contribution is 0.355. The standard InChI is InChI=1S/C24H30N6O3S/c1-16-11-19(16)15-26-20-12-18(13-21(27-20)30-9-6-10-34(30,31)32)22-28-29-23(33-22)24(2,25)14-17-7-4-3-5-8-17/h3-5,7-8,12-13,16,19H,6,9-11,14-15,25H2,1-2H3,(H,26,27)/t16?,19?,24-/m1/s1. The zero-order chi connectivity index (χ0) is 23.9. The van der Waals surface area contributed by atoms with Crippen LogP contribution in [0.1, 0.15) is 38.1 Å². The van der Waals surface area contributed by atoms with Gasteiger partial charge in [-0.25, -0.2) is 13.4 Å². The molecule has 3 heterocycles. The quantitative estimate of drug-likeness (QED) is 0.501. The Morgan fingerprint density at radius 1 is 1.24 bits per heavy atom. The van der Waals surface area contributed by atoms with Crippen molar-refractivity contribution in [3.8, 4) is 11.5 Å². The molecule has 3 N–H and O–H groups in total. The molecule has 1 aromatic carbocycles. The highest BCUT2D eigenvalue weighted by Crippen LogP contribution is 2.38. The van der Waals surface area contributed by atoms with Crippen LogP contribution in [0.4, 0.5) is 11.6 Å². The van der Waals surface area contributed by atoms with Crippen LogP contribution >= 0.6 is 0 Å². The van der Waals surface area contributed by atoms with Crippen LogP contribution in [0.5, 0.6) is 0 Å². The van der Waals surface area contributed by atoms with E-state index in [9.17, 15) is 8.42 Å². The highest BCUT2D eigenvalue weighted by molar-refractivity contribution is 7.93. The third-order valence-corrected chi connectivity index (χ3v) is 8.41. The van der Waals surface area contributed by atoms with Gasteiger partial charge in [0.1, 0.15) is 11.6 Å². The average Bonchev–Trinajstić information content (AvgIpc) is 3.15. The Morgan fingerprint density at radius 3 is 2.68 bits per heavy atom. The number of anilines is 2. The lowest BCUT2D eigenvalue weighted by Gasteiger charge is -2.20. The number of sulfonamides is 1. The molecule has 2 fully saturated rings. The molecule has 2 aromatic heterocycles. The number of hydrogen-bond acceptors (Lipinski definition) is 8. The molecule has 3 atom stereocenters. The molecule has 180 valence electrons. The van der Waals surface area contributed by atoms with Gasteiger partial charge in [-0.3, -0.25) is 4.31 Å². The van der Waals surface area contributed by atoms with Gasteiger partial charge in [0.15, 0.2) is 0 Å². The fourth-order valence-corrected chi connectivity index (χ4v) is 5.84. The van der Waals surface area contributed by atoms with E-state index in [1.54, 1.807) is 6.07 Å². The fourth-order valence-electron chi connectivity index (χ4n) is 4.34. The third-order valence-electron chi connectivity index (χ3n) is 6.56. The molecular weight excluding hydrogens is 452 g/mol. The van der Waals surface area contributed by atoms with Gasteiger partial charge < -0.3 is 15.5 Å². The van der Waals surface area contributed by atoms with Gasteiger partial charge in [-0.05, 0) is 55.7 Å². The molecule has 0 spiro atoms. The monoisotopic (exact) mass is 482 g/mol. The van der Waals surface area contributed by atoms with Gasteiger partial charge in [0.25, 0.3) is 0 Å². The Bertz CT molecular complexity index is 1270. The first-order valence-corrected chi connectivity index (χ1v) is 13.3. The predicted molar refractivity (Wildman–Crippen MR) is 131 cm³/mol. The highest BCUT2D eigenvalue weighted by atomic mass is 32.2. The van der Waals surface area contributed by atoms with Crippen molar-refractivity contribution in [2.45, 2.75) is 38.6 Å². The van der Waals surface area contributed by atoms with Gasteiger partial charge >= 0.3 is 0 Å². The summed E-state index contributed by atoms with van der Waals surface area (Å²) in [7, 11) is -3.38. The summed E-state index contributed by atoms with van der Waals surface area (Å²) in [5.74, 6) is 2.98. The SMILES string of the molecule is CC1CC1CNc1cc(-c2nnc([C@](C)(N)Cc3ccccc3)o2)cc(N2CCCS2(=O)=O)n1. The minimum Gasteiger partial charge on any atom is -0.419 e. The number of hydrogen-bond donors (Lipinski definition) is 2. The first-order valence-electron chi connectivity index (χ1n) is 11.6. The van der Waals surface area contributed by atoms with E-state index in [-0.39, 0.29) is 11.6 Å². The van der Waals surface area contributed by atoms with Crippen LogP contribution in [0.15, 0.2) is 46.9 Å². The first-order chi connectivity index (χ1) is 16.2. The van der Waals surface area contributed by atoms with Gasteiger partial charge in [0, 0.05) is 18.7 Å². The van der Waals surface area contributed by atoms with Crippen LogP contribution < -0.4 is 15.4 Å². The number of nitrogens with two attached hydrogens (primary N) is 1. The maximum atomic E-state index is 12.5. The molecule has 2 aliphatic rings. The van der Waals surface area contributed by atoms with E-state index < -0.39 is 15.6 Å². The van der Waals surface area contributed by atoms with Gasteiger partial charge in [0.05, 0.1) is 11.3 Å². The second-order valence-electron chi connectivity index (χ2n) is 9.69. The molecule has 1 aliphatic carbocycles. The van der Waals surface area contributed by atoms with Gasteiger partial charge in [-0.1, -0.05) is 37.3 Å². The van der Waals surface area contributed by atoms with Crippen molar-refractivity contribution in [1.29, 1.82) is 0 Å². The van der Waals surface area contributed by atoms with E-state index in [0.29, 0.717) is 54.3 Å². The van der Waals surface area contributed by atoms with E-state index in [2.05, 4.69) is 27.4 Å². The van der Waals surface area contributed by atoms with Gasteiger partial charge in [-0.2, -0.15) is 0 Å². The van der Waals surface area contributed by atoms with Crippen molar-refractivity contribution in [3.63, 3.8) is 0 Å². The summed E-state index contributed by atoms with van der Waals surface area (Å²) in [5, 5.41) is 11.8. The van der Waals surface area contributed by atoms with Crippen LogP contribution in [0.25, 0.3) is 11.5 Å². The first kappa shape index (κ1) is 22.8. The Morgan fingerprint density at radius 2 is 2.00 bits per heavy atom. The number of rotatable bonds is 8. The summed E-state index contributed by atoms with van der Waals surface area (Å²) in [4.78, 5) is 4.59. The minimum absolute atomic E-state index is 0.122. The normalized spacial score (nSPS) is 23.0. The van der Waals surface area contributed by atoms with Crippen molar-refractivity contribution in [3.05, 3.63) is 53.9 Å². The largest absolute Gasteiger partial charge is 0.419 e. The highest BCUT2D eigenvalue weighted by Gasteiger charge is 2.33. The maximum Gasteiger partial charge on any atom is 0.248 e. The molecule has 0 radical (unpaired) electrons. The smallest absolute Gasteiger partial charge is 0.248 e. The Hall–Kier alpha value is -2.98. The summed E-state index contributed by atoms with van der Waals surface area (Å²) in [6.07, 6.45) is 2.30. The van der Waals surface area contributed by atoms with Crippen molar-refractivity contribution < 1.29 is 12.8 Å².